The number of rotatable bonds is 2. The lowest BCUT2D eigenvalue weighted by molar-refractivity contribution is -0.140. The second kappa shape index (κ2) is 5.55. The fraction of sp³-hybridized carbons (Fsp3) is 0.0714. The minimum absolute atomic E-state index is 0.350. The van der Waals surface area contributed by atoms with Crippen LogP contribution in [0.4, 0.5) is 22.0 Å². The Morgan fingerprint density at radius 3 is 2.14 bits per heavy atom. The number of hydrogen-bond donors (Lipinski definition) is 0. The molecule has 0 heterocycles. The van der Waals surface area contributed by atoms with E-state index in [1.807, 2.05) is 0 Å². The largest absolute Gasteiger partial charge is 0.419 e. The van der Waals surface area contributed by atoms with Crippen molar-refractivity contribution in [2.24, 2.45) is 0 Å². The maximum Gasteiger partial charge on any atom is 0.419 e. The van der Waals surface area contributed by atoms with E-state index in [1.54, 1.807) is 0 Å². The zero-order valence-electron chi connectivity index (χ0n) is 10.1. The van der Waals surface area contributed by atoms with Gasteiger partial charge in [-0.1, -0.05) is 22.0 Å². The molecule has 0 bridgehead atoms. The monoisotopic (exact) mass is 364 g/mol. The Bertz CT molecular complexity index is 709. The molecule has 0 N–H and O–H groups in total. The highest BCUT2D eigenvalue weighted by molar-refractivity contribution is 9.10. The van der Waals surface area contributed by atoms with Gasteiger partial charge >= 0.3 is 6.18 Å². The van der Waals surface area contributed by atoms with Crippen LogP contribution >= 0.6 is 15.9 Å². The molecule has 2 aromatic carbocycles. The van der Waals surface area contributed by atoms with Crippen molar-refractivity contribution in [2.45, 2.75) is 6.18 Å². The maximum atomic E-state index is 13.6. The minimum Gasteiger partial charge on any atom is -0.288 e. The molecule has 0 aliphatic carbocycles. The number of carbonyl (C=O) groups excluding carboxylic acids is 1. The average Bonchev–Trinajstić information content (AvgIpc) is 2.36. The Labute approximate surface area is 124 Å². The van der Waals surface area contributed by atoms with E-state index in [9.17, 15) is 26.7 Å². The van der Waals surface area contributed by atoms with Crippen LogP contribution in [0, 0.1) is 11.6 Å². The number of hydrogen-bond acceptors (Lipinski definition) is 1. The molecule has 2 aromatic rings. The van der Waals surface area contributed by atoms with Crippen LogP contribution < -0.4 is 0 Å². The molecule has 0 fully saturated rings. The predicted octanol–water partition coefficient (Wildman–Crippen LogP) is 4.98. The van der Waals surface area contributed by atoms with Crippen molar-refractivity contribution in [1.82, 2.24) is 0 Å². The van der Waals surface area contributed by atoms with Crippen LogP contribution in [-0.4, -0.2) is 5.78 Å². The molecular weight excluding hydrogens is 359 g/mol. The van der Waals surface area contributed by atoms with E-state index < -0.39 is 29.2 Å². The Hall–Kier alpha value is -1.76. The Balaban J connectivity index is 2.43. The van der Waals surface area contributed by atoms with Gasteiger partial charge in [-0.3, -0.25) is 4.79 Å². The van der Waals surface area contributed by atoms with Crippen LogP contribution in [0.5, 0.6) is 0 Å². The summed E-state index contributed by atoms with van der Waals surface area (Å²) in [5.74, 6) is -3.33. The summed E-state index contributed by atoms with van der Waals surface area (Å²) >= 11 is 3.01. The molecule has 21 heavy (non-hydrogen) atoms. The predicted molar refractivity (Wildman–Crippen MR) is 68.9 cm³/mol. The Kier molecular flexibility index (Phi) is 4.13. The van der Waals surface area contributed by atoms with Crippen molar-refractivity contribution in [3.63, 3.8) is 0 Å². The van der Waals surface area contributed by atoms with Gasteiger partial charge in [-0.15, -0.1) is 0 Å². The van der Waals surface area contributed by atoms with Gasteiger partial charge in [0.05, 0.1) is 11.1 Å². The number of carbonyl (C=O) groups is 1. The van der Waals surface area contributed by atoms with Gasteiger partial charge in [0.15, 0.2) is 5.78 Å². The van der Waals surface area contributed by atoms with Crippen LogP contribution in [0.3, 0.4) is 0 Å². The Morgan fingerprint density at radius 1 is 0.952 bits per heavy atom. The van der Waals surface area contributed by atoms with Crippen molar-refractivity contribution >= 4 is 21.7 Å². The molecule has 0 atom stereocenters. The molecule has 0 amide bonds. The molecule has 0 aliphatic rings. The smallest absolute Gasteiger partial charge is 0.288 e. The molecule has 0 unspecified atom stereocenters. The maximum absolute atomic E-state index is 13.6. The van der Waals surface area contributed by atoms with E-state index in [0.717, 1.165) is 18.2 Å². The number of alkyl halides is 3. The standard InChI is InChI=1S/C14H6BrF5O/c15-8-2-3-9(11(16)6-8)13(21)7-1-4-10(12(17)5-7)14(18,19)20/h1-6H. The quantitative estimate of drug-likeness (QED) is 0.542. The Morgan fingerprint density at radius 2 is 1.62 bits per heavy atom. The summed E-state index contributed by atoms with van der Waals surface area (Å²) in [6.45, 7) is 0. The summed E-state index contributed by atoms with van der Waals surface area (Å²) < 4.78 is 64.7. The lowest BCUT2D eigenvalue weighted by atomic mass is 10.0. The van der Waals surface area contributed by atoms with E-state index in [-0.39, 0.29) is 11.1 Å². The molecule has 0 radical (unpaired) electrons. The van der Waals surface area contributed by atoms with Crippen LogP contribution in [0.1, 0.15) is 21.5 Å². The molecule has 110 valence electrons. The SMILES string of the molecule is O=C(c1ccc(C(F)(F)F)c(F)c1)c1ccc(Br)cc1F. The minimum atomic E-state index is -4.85. The average molecular weight is 365 g/mol. The van der Waals surface area contributed by atoms with E-state index >= 15 is 0 Å². The van der Waals surface area contributed by atoms with Gasteiger partial charge in [-0.25, -0.2) is 8.78 Å². The first kappa shape index (κ1) is 15.6. The highest BCUT2D eigenvalue weighted by atomic mass is 79.9. The van der Waals surface area contributed by atoms with Crippen molar-refractivity contribution in [1.29, 1.82) is 0 Å². The van der Waals surface area contributed by atoms with Gasteiger partial charge in [-0.05, 0) is 30.3 Å². The van der Waals surface area contributed by atoms with Crippen molar-refractivity contribution in [3.8, 4) is 0 Å². The van der Waals surface area contributed by atoms with Crippen LogP contribution in [-0.2, 0) is 6.18 Å². The van der Waals surface area contributed by atoms with Gasteiger partial charge < -0.3 is 0 Å². The third kappa shape index (κ3) is 3.29. The van der Waals surface area contributed by atoms with Gasteiger partial charge in [-0.2, -0.15) is 13.2 Å². The third-order valence-electron chi connectivity index (χ3n) is 2.71. The molecule has 0 saturated heterocycles. The first-order chi connectivity index (χ1) is 9.70. The van der Waals surface area contributed by atoms with Crippen molar-refractivity contribution in [2.75, 3.05) is 0 Å². The fourth-order valence-corrected chi connectivity index (χ4v) is 2.05. The normalized spacial score (nSPS) is 11.5. The molecule has 0 aromatic heterocycles. The zero-order valence-corrected chi connectivity index (χ0v) is 11.7. The number of ketones is 1. The second-order valence-corrected chi connectivity index (χ2v) is 5.06. The molecular formula is C14H6BrF5O. The van der Waals surface area contributed by atoms with E-state index in [4.69, 9.17) is 0 Å². The summed E-state index contributed by atoms with van der Waals surface area (Å²) in [4.78, 5) is 12.0. The summed E-state index contributed by atoms with van der Waals surface area (Å²) in [5.41, 5.74) is -2.19. The first-order valence-electron chi connectivity index (χ1n) is 5.56. The highest BCUT2D eigenvalue weighted by Gasteiger charge is 2.34. The summed E-state index contributed by atoms with van der Waals surface area (Å²) in [6.07, 6.45) is -4.85. The van der Waals surface area contributed by atoms with E-state index in [0.29, 0.717) is 16.6 Å². The summed E-state index contributed by atoms with van der Waals surface area (Å²) in [5, 5.41) is 0. The van der Waals surface area contributed by atoms with Crippen molar-refractivity contribution < 1.29 is 26.7 Å². The number of benzene rings is 2. The van der Waals surface area contributed by atoms with Gasteiger partial charge in [0.1, 0.15) is 11.6 Å². The van der Waals surface area contributed by atoms with Gasteiger partial charge in [0, 0.05) is 10.0 Å². The molecule has 0 spiro atoms. The molecule has 7 heteroatoms. The molecule has 2 rings (SSSR count). The summed E-state index contributed by atoms with van der Waals surface area (Å²) in [7, 11) is 0. The second-order valence-electron chi connectivity index (χ2n) is 4.15. The lowest BCUT2D eigenvalue weighted by Gasteiger charge is -2.09. The first-order valence-corrected chi connectivity index (χ1v) is 6.36. The lowest BCUT2D eigenvalue weighted by Crippen LogP contribution is -2.10. The van der Waals surface area contributed by atoms with Gasteiger partial charge in [0.2, 0.25) is 0 Å². The number of halogens is 6. The van der Waals surface area contributed by atoms with E-state index in [2.05, 4.69) is 15.9 Å². The van der Waals surface area contributed by atoms with Crippen LogP contribution in [0.15, 0.2) is 40.9 Å². The van der Waals surface area contributed by atoms with Crippen molar-refractivity contribution in [3.05, 3.63) is 69.2 Å². The van der Waals surface area contributed by atoms with Crippen LogP contribution in [0.25, 0.3) is 0 Å². The van der Waals surface area contributed by atoms with E-state index in [1.165, 1.54) is 6.07 Å². The van der Waals surface area contributed by atoms with Crippen LogP contribution in [0.2, 0.25) is 0 Å². The van der Waals surface area contributed by atoms with Gasteiger partial charge in [0.25, 0.3) is 0 Å². The zero-order chi connectivity index (χ0) is 15.8. The topological polar surface area (TPSA) is 17.1 Å². The molecule has 1 nitrogen and oxygen atoms in total. The summed E-state index contributed by atoms with van der Waals surface area (Å²) in [6, 6.07) is 5.32. The molecule has 0 saturated carbocycles. The third-order valence-corrected chi connectivity index (χ3v) is 3.21. The highest BCUT2D eigenvalue weighted by Crippen LogP contribution is 2.32. The molecule has 0 aliphatic heterocycles. The fourth-order valence-electron chi connectivity index (χ4n) is 1.72.